The Morgan fingerprint density at radius 2 is 1.93 bits per heavy atom. The Morgan fingerprint density at radius 1 is 1.21 bits per heavy atom. The number of fused-ring (bicyclic) bond motifs is 2. The molecule has 2 bridgehead atoms. The predicted octanol–water partition coefficient (Wildman–Crippen LogP) is 2.18. The zero-order valence-electron chi connectivity index (χ0n) is 15.9. The largest absolute Gasteiger partial charge is 0.351 e. The number of aromatic nitrogens is 1. The summed E-state index contributed by atoms with van der Waals surface area (Å²) in [5, 5.41) is 21.5. The molecule has 29 heavy (non-hydrogen) atoms. The summed E-state index contributed by atoms with van der Waals surface area (Å²) >= 11 is 0. The summed E-state index contributed by atoms with van der Waals surface area (Å²) < 4.78 is 0. The van der Waals surface area contributed by atoms with Gasteiger partial charge in [-0.15, -0.1) is 24.8 Å². The molecular weight excluding hydrogens is 411 g/mol. The van der Waals surface area contributed by atoms with Crippen LogP contribution in [0.4, 0.5) is 5.82 Å². The molecule has 154 valence electrons. The lowest BCUT2D eigenvalue weighted by atomic mass is 9.97. The van der Waals surface area contributed by atoms with Gasteiger partial charge in [0.05, 0.1) is 18.2 Å². The lowest BCUT2D eigenvalue weighted by Crippen LogP contribution is -2.51. The van der Waals surface area contributed by atoms with Crippen LogP contribution in [0, 0.1) is 22.7 Å². The molecule has 2 unspecified atom stereocenters. The number of carbonyl (C=O) groups excluding carboxylic acids is 1. The summed E-state index contributed by atoms with van der Waals surface area (Å²) in [6.07, 6.45) is 9.50. The van der Waals surface area contributed by atoms with E-state index in [0.717, 1.165) is 31.5 Å². The second-order valence-electron chi connectivity index (χ2n) is 7.41. The summed E-state index contributed by atoms with van der Waals surface area (Å²) in [5.41, 5.74) is 0.577. The summed E-state index contributed by atoms with van der Waals surface area (Å²) in [6.45, 7) is 0.797. The molecule has 0 aliphatic carbocycles. The van der Waals surface area contributed by atoms with Gasteiger partial charge in [-0.3, -0.25) is 4.79 Å². The molecule has 0 radical (unpaired) electrons. The molecule has 1 aromatic heterocycles. The minimum atomic E-state index is -0.431. The lowest BCUT2D eigenvalue weighted by molar-refractivity contribution is -0.130. The van der Waals surface area contributed by atoms with Crippen molar-refractivity contribution in [1.29, 1.82) is 10.5 Å². The highest BCUT2D eigenvalue weighted by Gasteiger charge is 2.41. The third-order valence-electron chi connectivity index (χ3n) is 5.83. The van der Waals surface area contributed by atoms with Crippen molar-refractivity contribution in [3.8, 4) is 12.1 Å². The van der Waals surface area contributed by atoms with E-state index in [9.17, 15) is 4.79 Å². The number of anilines is 1. The van der Waals surface area contributed by atoms with Gasteiger partial charge in [-0.05, 0) is 43.9 Å². The van der Waals surface area contributed by atoms with E-state index in [2.05, 4.69) is 27.3 Å². The standard InChI is InChI=1S/C20H22N6O.2ClH/c21-10-14-3-6-19(24-12-14)26-16-4-5-17(26)9-15(8-16)23-13-20(27)25-7-1-2-18(25)11-22;;/h1-3,6,12,15-18,23H,4-5,7-9,13H2;2*1H/t15?,16?,17?,18-;;/m0../s1. The number of hydrogen-bond donors (Lipinski definition) is 1. The predicted molar refractivity (Wildman–Crippen MR) is 114 cm³/mol. The van der Waals surface area contributed by atoms with Gasteiger partial charge < -0.3 is 15.1 Å². The van der Waals surface area contributed by atoms with Crippen LogP contribution in [0.1, 0.15) is 31.2 Å². The minimum Gasteiger partial charge on any atom is -0.351 e. The van der Waals surface area contributed by atoms with Gasteiger partial charge in [0.25, 0.3) is 0 Å². The van der Waals surface area contributed by atoms with Gasteiger partial charge in [0, 0.05) is 30.9 Å². The Hall–Kier alpha value is -2.32. The number of rotatable bonds is 4. The molecule has 7 nitrogen and oxygen atoms in total. The molecule has 3 atom stereocenters. The molecule has 2 fully saturated rings. The van der Waals surface area contributed by atoms with Crippen molar-refractivity contribution in [3.63, 3.8) is 0 Å². The summed E-state index contributed by atoms with van der Waals surface area (Å²) in [7, 11) is 0. The van der Waals surface area contributed by atoms with Crippen LogP contribution in [0.25, 0.3) is 0 Å². The average Bonchev–Trinajstić information content (AvgIpc) is 3.28. The van der Waals surface area contributed by atoms with Gasteiger partial charge in [0.2, 0.25) is 5.91 Å². The smallest absolute Gasteiger partial charge is 0.238 e. The van der Waals surface area contributed by atoms with Crippen molar-refractivity contribution >= 4 is 36.5 Å². The molecule has 1 aromatic rings. The molecule has 3 aliphatic heterocycles. The van der Waals surface area contributed by atoms with Gasteiger partial charge in [0.15, 0.2) is 0 Å². The molecule has 9 heteroatoms. The Labute approximate surface area is 183 Å². The van der Waals surface area contributed by atoms with E-state index in [1.807, 2.05) is 18.2 Å². The van der Waals surface area contributed by atoms with Crippen LogP contribution in [0.2, 0.25) is 0 Å². The van der Waals surface area contributed by atoms with Gasteiger partial charge in [-0.25, -0.2) is 4.98 Å². The summed E-state index contributed by atoms with van der Waals surface area (Å²) in [5.74, 6) is 0.922. The van der Waals surface area contributed by atoms with Crippen molar-refractivity contribution in [2.45, 2.75) is 49.9 Å². The molecule has 4 heterocycles. The zero-order chi connectivity index (χ0) is 18.8. The van der Waals surface area contributed by atoms with Crippen LogP contribution in [0.3, 0.4) is 0 Å². The van der Waals surface area contributed by atoms with E-state index < -0.39 is 6.04 Å². The topological polar surface area (TPSA) is 96.0 Å². The van der Waals surface area contributed by atoms with E-state index in [4.69, 9.17) is 10.5 Å². The molecule has 0 spiro atoms. The molecular formula is C20H24Cl2N6O. The van der Waals surface area contributed by atoms with Crippen LogP contribution in [-0.2, 0) is 4.79 Å². The minimum absolute atomic E-state index is 0. The first-order valence-electron chi connectivity index (χ1n) is 9.43. The fourth-order valence-electron chi connectivity index (χ4n) is 4.55. The number of pyridine rings is 1. The number of piperidine rings is 1. The van der Waals surface area contributed by atoms with Crippen molar-refractivity contribution in [2.75, 3.05) is 18.0 Å². The van der Waals surface area contributed by atoms with Crippen LogP contribution in [-0.4, -0.2) is 53.0 Å². The van der Waals surface area contributed by atoms with Gasteiger partial charge in [-0.1, -0.05) is 6.08 Å². The van der Waals surface area contributed by atoms with E-state index in [-0.39, 0.29) is 37.3 Å². The maximum atomic E-state index is 12.4. The number of nitriles is 2. The fraction of sp³-hybridized carbons (Fsp3) is 0.500. The number of amides is 1. The Kier molecular flexibility index (Phi) is 7.87. The van der Waals surface area contributed by atoms with E-state index in [1.165, 1.54) is 0 Å². The number of nitrogens with zero attached hydrogens (tertiary/aromatic N) is 5. The first-order chi connectivity index (χ1) is 13.2. The van der Waals surface area contributed by atoms with Crippen molar-refractivity contribution in [3.05, 3.63) is 36.0 Å². The molecule has 0 saturated carbocycles. The Morgan fingerprint density at radius 3 is 2.52 bits per heavy atom. The van der Waals surface area contributed by atoms with E-state index >= 15 is 0 Å². The number of carbonyl (C=O) groups is 1. The monoisotopic (exact) mass is 434 g/mol. The van der Waals surface area contributed by atoms with Crippen LogP contribution >= 0.6 is 24.8 Å². The highest BCUT2D eigenvalue weighted by molar-refractivity contribution is 5.85. The number of nitrogens with one attached hydrogen (secondary N) is 1. The second kappa shape index (κ2) is 9.93. The van der Waals surface area contributed by atoms with Gasteiger partial charge in [0.1, 0.15) is 17.9 Å². The van der Waals surface area contributed by atoms with Crippen LogP contribution in [0.15, 0.2) is 30.5 Å². The quantitative estimate of drug-likeness (QED) is 0.729. The highest BCUT2D eigenvalue weighted by Crippen LogP contribution is 2.38. The average molecular weight is 435 g/mol. The third-order valence-corrected chi connectivity index (χ3v) is 5.83. The van der Waals surface area contributed by atoms with Crippen molar-refractivity contribution < 1.29 is 4.79 Å². The maximum Gasteiger partial charge on any atom is 0.238 e. The van der Waals surface area contributed by atoms with Crippen molar-refractivity contribution in [2.24, 2.45) is 0 Å². The van der Waals surface area contributed by atoms with Crippen LogP contribution < -0.4 is 10.2 Å². The second-order valence-corrected chi connectivity index (χ2v) is 7.41. The normalized spacial score (nSPS) is 26.8. The Bertz CT molecular complexity index is 817. The molecule has 1 N–H and O–H groups in total. The first-order valence-corrected chi connectivity index (χ1v) is 9.43. The fourth-order valence-corrected chi connectivity index (χ4v) is 4.55. The molecule has 1 amide bonds. The molecule has 2 saturated heterocycles. The zero-order valence-corrected chi connectivity index (χ0v) is 17.5. The highest BCUT2D eigenvalue weighted by atomic mass is 35.5. The summed E-state index contributed by atoms with van der Waals surface area (Å²) in [4.78, 5) is 20.9. The maximum absolute atomic E-state index is 12.4. The lowest BCUT2D eigenvalue weighted by Gasteiger charge is -2.40. The molecule has 0 aromatic carbocycles. The molecule has 3 aliphatic rings. The van der Waals surface area contributed by atoms with E-state index in [1.54, 1.807) is 17.2 Å². The first kappa shape index (κ1) is 23.0. The number of halogens is 2. The van der Waals surface area contributed by atoms with E-state index in [0.29, 0.717) is 30.2 Å². The van der Waals surface area contributed by atoms with Gasteiger partial charge >= 0.3 is 0 Å². The van der Waals surface area contributed by atoms with Crippen molar-refractivity contribution in [1.82, 2.24) is 15.2 Å². The van der Waals surface area contributed by atoms with Gasteiger partial charge in [-0.2, -0.15) is 10.5 Å². The third kappa shape index (κ3) is 4.64. The van der Waals surface area contributed by atoms with Crippen LogP contribution in [0.5, 0.6) is 0 Å². The number of hydrogen-bond acceptors (Lipinski definition) is 6. The SMILES string of the molecule is Cl.Cl.N#Cc1ccc(N2C3CCC2CC(NCC(=O)N2CC=C[C@H]2C#N)C3)nc1. The molecule has 4 rings (SSSR count). The Balaban J connectivity index is 0.00000150. The summed E-state index contributed by atoms with van der Waals surface area (Å²) in [6, 6.07) is 8.71.